The summed E-state index contributed by atoms with van der Waals surface area (Å²) in [4.78, 5) is 13.6. The maximum atomic E-state index is 11.3. The number of carbonyl (C=O) groups excluding carboxylic acids is 1. The van der Waals surface area contributed by atoms with Gasteiger partial charge in [0.2, 0.25) is 0 Å². The second kappa shape index (κ2) is 6.02. The van der Waals surface area contributed by atoms with Crippen LogP contribution in [0, 0.1) is 5.92 Å². The summed E-state index contributed by atoms with van der Waals surface area (Å²) in [5, 5.41) is 10.2. The number of piperidine rings is 1. The van der Waals surface area contributed by atoms with Crippen LogP contribution in [0.15, 0.2) is 0 Å². The van der Waals surface area contributed by atoms with Gasteiger partial charge >= 0.3 is 0 Å². The van der Waals surface area contributed by atoms with E-state index in [1.807, 2.05) is 0 Å². The van der Waals surface area contributed by atoms with Gasteiger partial charge < -0.3 is 10.8 Å². The van der Waals surface area contributed by atoms with E-state index in [1.165, 1.54) is 38.5 Å². The summed E-state index contributed by atoms with van der Waals surface area (Å²) < 4.78 is 0. The van der Waals surface area contributed by atoms with Crippen LogP contribution >= 0.6 is 0 Å². The highest BCUT2D eigenvalue weighted by Crippen LogP contribution is 2.27. The number of rotatable bonds is 3. The maximum absolute atomic E-state index is 11.3. The molecule has 0 aromatic carbocycles. The Morgan fingerprint density at radius 1 is 1.22 bits per heavy atom. The molecule has 1 saturated heterocycles. The fourth-order valence-corrected chi connectivity index (χ4v) is 3.39. The lowest BCUT2D eigenvalue weighted by Crippen LogP contribution is -2.56. The standard InChI is InChI=1S/C14H26N2O2/c15-13(17)14(18)8-5-9-16(11-14)10-12-6-3-1-2-4-7-12/h12,18H,1-11H2,(H2,15,17)/t14-/m1/s1. The zero-order chi connectivity index (χ0) is 13.0. The van der Waals surface area contributed by atoms with Crippen molar-refractivity contribution in [2.45, 2.75) is 57.0 Å². The highest BCUT2D eigenvalue weighted by molar-refractivity contribution is 5.83. The summed E-state index contributed by atoms with van der Waals surface area (Å²) in [6.45, 7) is 2.44. The van der Waals surface area contributed by atoms with Crippen LogP contribution in [0.4, 0.5) is 0 Å². The number of likely N-dealkylation sites (tertiary alicyclic amines) is 1. The fraction of sp³-hybridized carbons (Fsp3) is 0.929. The lowest BCUT2D eigenvalue weighted by atomic mass is 9.90. The van der Waals surface area contributed by atoms with Gasteiger partial charge in [0.1, 0.15) is 0 Å². The molecule has 2 rings (SSSR count). The minimum absolute atomic E-state index is 0.429. The van der Waals surface area contributed by atoms with Crippen LogP contribution in [0.3, 0.4) is 0 Å². The number of primary amides is 1. The van der Waals surface area contributed by atoms with Crippen molar-refractivity contribution in [3.05, 3.63) is 0 Å². The molecule has 0 aromatic heterocycles. The molecule has 0 bridgehead atoms. The van der Waals surface area contributed by atoms with E-state index in [2.05, 4.69) is 4.90 Å². The fourth-order valence-electron chi connectivity index (χ4n) is 3.39. The van der Waals surface area contributed by atoms with Gasteiger partial charge in [-0.1, -0.05) is 25.7 Å². The summed E-state index contributed by atoms with van der Waals surface area (Å²) >= 11 is 0. The first-order valence-electron chi connectivity index (χ1n) is 7.35. The number of hydrogen-bond donors (Lipinski definition) is 2. The lowest BCUT2D eigenvalue weighted by Gasteiger charge is -2.38. The van der Waals surface area contributed by atoms with Crippen molar-refractivity contribution >= 4 is 5.91 Å². The van der Waals surface area contributed by atoms with Gasteiger partial charge in [0, 0.05) is 13.1 Å². The van der Waals surface area contributed by atoms with E-state index < -0.39 is 11.5 Å². The number of nitrogens with two attached hydrogens (primary N) is 1. The second-order valence-electron chi connectivity index (χ2n) is 6.09. The predicted molar refractivity (Wildman–Crippen MR) is 71.0 cm³/mol. The Hall–Kier alpha value is -0.610. The summed E-state index contributed by atoms with van der Waals surface area (Å²) in [6, 6.07) is 0. The molecule has 1 amide bonds. The average molecular weight is 254 g/mol. The van der Waals surface area contributed by atoms with Gasteiger partial charge in [0.15, 0.2) is 5.60 Å². The third-order valence-electron chi connectivity index (χ3n) is 4.50. The number of nitrogens with zero attached hydrogens (tertiary/aromatic N) is 1. The van der Waals surface area contributed by atoms with Gasteiger partial charge in [-0.25, -0.2) is 0 Å². The highest BCUT2D eigenvalue weighted by atomic mass is 16.3. The Kier molecular flexibility index (Phi) is 4.62. The minimum atomic E-state index is -1.29. The Morgan fingerprint density at radius 3 is 2.50 bits per heavy atom. The van der Waals surface area contributed by atoms with Crippen LogP contribution in [0.25, 0.3) is 0 Å². The van der Waals surface area contributed by atoms with E-state index in [9.17, 15) is 9.90 Å². The van der Waals surface area contributed by atoms with Crippen molar-refractivity contribution in [1.82, 2.24) is 4.90 Å². The predicted octanol–water partition coefficient (Wildman–Crippen LogP) is 1.27. The molecule has 1 saturated carbocycles. The van der Waals surface area contributed by atoms with Crippen molar-refractivity contribution in [2.24, 2.45) is 11.7 Å². The Morgan fingerprint density at radius 2 is 1.89 bits per heavy atom. The van der Waals surface area contributed by atoms with Gasteiger partial charge in [-0.15, -0.1) is 0 Å². The average Bonchev–Trinajstić information content (AvgIpc) is 2.57. The SMILES string of the molecule is NC(=O)[C@@]1(O)CCCN(CC2CCCCCC2)C1. The summed E-state index contributed by atoms with van der Waals surface area (Å²) in [6.07, 6.45) is 9.37. The molecule has 0 unspecified atom stereocenters. The first-order valence-corrected chi connectivity index (χ1v) is 7.35. The molecule has 1 aliphatic heterocycles. The maximum Gasteiger partial charge on any atom is 0.250 e. The van der Waals surface area contributed by atoms with Crippen molar-refractivity contribution in [3.8, 4) is 0 Å². The van der Waals surface area contributed by atoms with Gasteiger partial charge in [-0.3, -0.25) is 9.69 Å². The summed E-state index contributed by atoms with van der Waals surface area (Å²) in [5.41, 5.74) is 4.02. The summed E-state index contributed by atoms with van der Waals surface area (Å²) in [7, 11) is 0. The molecule has 0 radical (unpaired) electrons. The van der Waals surface area contributed by atoms with E-state index in [4.69, 9.17) is 5.73 Å². The van der Waals surface area contributed by atoms with Crippen LogP contribution in [0.5, 0.6) is 0 Å². The van der Waals surface area contributed by atoms with Gasteiger partial charge in [-0.05, 0) is 38.1 Å². The third-order valence-corrected chi connectivity index (χ3v) is 4.50. The van der Waals surface area contributed by atoms with Crippen LogP contribution in [0.2, 0.25) is 0 Å². The van der Waals surface area contributed by atoms with Crippen molar-refractivity contribution in [3.63, 3.8) is 0 Å². The van der Waals surface area contributed by atoms with Gasteiger partial charge in [0.25, 0.3) is 5.91 Å². The Labute approximate surface area is 110 Å². The highest BCUT2D eigenvalue weighted by Gasteiger charge is 2.38. The monoisotopic (exact) mass is 254 g/mol. The molecule has 2 fully saturated rings. The molecule has 0 spiro atoms. The van der Waals surface area contributed by atoms with E-state index in [1.54, 1.807) is 0 Å². The number of aliphatic hydroxyl groups is 1. The van der Waals surface area contributed by atoms with Crippen LogP contribution in [0.1, 0.15) is 51.4 Å². The van der Waals surface area contributed by atoms with Crippen molar-refractivity contribution in [2.75, 3.05) is 19.6 Å². The van der Waals surface area contributed by atoms with E-state index >= 15 is 0 Å². The zero-order valence-corrected chi connectivity index (χ0v) is 11.2. The van der Waals surface area contributed by atoms with Crippen LogP contribution in [-0.2, 0) is 4.79 Å². The molecular formula is C14H26N2O2. The number of β-amino-alcohol motifs (C(OH)–C–C–N with tert-alkyl or cyclic N) is 1. The topological polar surface area (TPSA) is 66.6 Å². The molecule has 1 aliphatic carbocycles. The first-order chi connectivity index (χ1) is 8.60. The molecule has 1 atom stereocenters. The quantitative estimate of drug-likeness (QED) is 0.745. The number of amides is 1. The minimum Gasteiger partial charge on any atom is -0.379 e. The van der Waals surface area contributed by atoms with E-state index in [0.29, 0.717) is 13.0 Å². The van der Waals surface area contributed by atoms with Gasteiger partial charge in [-0.2, -0.15) is 0 Å². The molecule has 4 heteroatoms. The lowest BCUT2D eigenvalue weighted by molar-refractivity contribution is -0.142. The third kappa shape index (κ3) is 3.45. The molecule has 18 heavy (non-hydrogen) atoms. The Balaban J connectivity index is 1.87. The molecule has 2 aliphatic rings. The molecule has 3 N–H and O–H groups in total. The number of carbonyl (C=O) groups is 1. The van der Waals surface area contributed by atoms with Crippen LogP contribution in [-0.4, -0.2) is 41.1 Å². The number of hydrogen-bond acceptors (Lipinski definition) is 3. The molecule has 1 heterocycles. The summed E-state index contributed by atoms with van der Waals surface area (Å²) in [5.74, 6) is 0.177. The molecule has 0 aromatic rings. The molecule has 4 nitrogen and oxygen atoms in total. The van der Waals surface area contributed by atoms with Gasteiger partial charge in [0.05, 0.1) is 0 Å². The normalized spacial score (nSPS) is 32.1. The smallest absolute Gasteiger partial charge is 0.250 e. The molecule has 104 valence electrons. The van der Waals surface area contributed by atoms with Crippen LogP contribution < -0.4 is 5.73 Å². The van der Waals surface area contributed by atoms with Crippen molar-refractivity contribution < 1.29 is 9.90 Å². The largest absolute Gasteiger partial charge is 0.379 e. The first kappa shape index (κ1) is 13.8. The van der Waals surface area contributed by atoms with E-state index in [0.717, 1.165) is 25.4 Å². The zero-order valence-electron chi connectivity index (χ0n) is 11.2. The van der Waals surface area contributed by atoms with Crippen molar-refractivity contribution in [1.29, 1.82) is 0 Å². The Bertz CT molecular complexity index is 288. The second-order valence-corrected chi connectivity index (χ2v) is 6.09. The molecular weight excluding hydrogens is 228 g/mol. The van der Waals surface area contributed by atoms with E-state index in [-0.39, 0.29) is 0 Å².